The summed E-state index contributed by atoms with van der Waals surface area (Å²) >= 11 is 1.55. The quantitative estimate of drug-likeness (QED) is 0.374. The number of guanidine groups is 1. The van der Waals surface area contributed by atoms with Crippen LogP contribution in [0.3, 0.4) is 0 Å². The molecule has 0 aliphatic carbocycles. The van der Waals surface area contributed by atoms with Crippen molar-refractivity contribution >= 4 is 17.3 Å². The van der Waals surface area contributed by atoms with E-state index in [9.17, 15) is 13.2 Å². The van der Waals surface area contributed by atoms with Crippen molar-refractivity contribution in [2.45, 2.75) is 39.1 Å². The van der Waals surface area contributed by atoms with E-state index in [0.29, 0.717) is 32.0 Å². The molecule has 1 N–H and O–H groups in total. The summed E-state index contributed by atoms with van der Waals surface area (Å²) in [4.78, 5) is 10.9. The third-order valence-electron chi connectivity index (χ3n) is 3.34. The number of thiazole rings is 1. The van der Waals surface area contributed by atoms with Crippen LogP contribution in [-0.2, 0) is 16.0 Å². The zero-order chi connectivity index (χ0) is 19.6. The van der Waals surface area contributed by atoms with E-state index in [2.05, 4.69) is 20.0 Å². The molecule has 1 heterocycles. The van der Waals surface area contributed by atoms with E-state index in [-0.39, 0.29) is 12.7 Å². The maximum atomic E-state index is 12.0. The summed E-state index contributed by atoms with van der Waals surface area (Å²) in [6.45, 7) is 4.35. The van der Waals surface area contributed by atoms with Gasteiger partial charge in [0, 0.05) is 39.2 Å². The molecular formula is C16H27F3N4O2S. The third kappa shape index (κ3) is 8.81. The van der Waals surface area contributed by atoms with E-state index in [4.69, 9.17) is 4.74 Å². The smallest absolute Gasteiger partial charge is 0.375 e. The van der Waals surface area contributed by atoms with Crippen molar-refractivity contribution in [1.29, 1.82) is 0 Å². The van der Waals surface area contributed by atoms with Crippen molar-refractivity contribution in [3.8, 4) is 0 Å². The molecule has 0 aliphatic heterocycles. The normalized spacial score (nSPS) is 13.7. The second kappa shape index (κ2) is 11.3. The molecule has 0 spiro atoms. The summed E-state index contributed by atoms with van der Waals surface area (Å²) in [7, 11) is 3.53. The number of rotatable bonds is 10. The van der Waals surface area contributed by atoms with Gasteiger partial charge in [-0.2, -0.15) is 13.2 Å². The summed E-state index contributed by atoms with van der Waals surface area (Å²) in [6.07, 6.45) is -3.91. The number of hydrogen-bond donors (Lipinski definition) is 1. The van der Waals surface area contributed by atoms with Crippen molar-refractivity contribution < 1.29 is 22.6 Å². The second-order valence-electron chi connectivity index (χ2n) is 5.67. The lowest BCUT2D eigenvalue weighted by molar-refractivity contribution is -0.173. The Morgan fingerprint density at radius 1 is 1.46 bits per heavy atom. The van der Waals surface area contributed by atoms with Gasteiger partial charge in [-0.25, -0.2) is 4.98 Å². The number of aliphatic imine (C=N–C) groups is 1. The van der Waals surface area contributed by atoms with Crippen LogP contribution in [0.1, 0.15) is 37.1 Å². The highest BCUT2D eigenvalue weighted by atomic mass is 32.1. The lowest BCUT2D eigenvalue weighted by Gasteiger charge is -2.21. The van der Waals surface area contributed by atoms with Crippen molar-refractivity contribution in [2.24, 2.45) is 4.99 Å². The van der Waals surface area contributed by atoms with Gasteiger partial charge in [-0.15, -0.1) is 11.3 Å². The first-order chi connectivity index (χ1) is 12.3. The fourth-order valence-corrected chi connectivity index (χ4v) is 2.85. The molecule has 0 amide bonds. The van der Waals surface area contributed by atoms with E-state index < -0.39 is 12.8 Å². The molecule has 0 bridgehead atoms. The number of nitrogens with zero attached hydrogens (tertiary/aromatic N) is 3. The number of ether oxygens (including phenoxy) is 2. The Morgan fingerprint density at radius 2 is 2.19 bits per heavy atom. The van der Waals surface area contributed by atoms with Gasteiger partial charge < -0.3 is 19.7 Å². The van der Waals surface area contributed by atoms with Crippen molar-refractivity contribution in [3.63, 3.8) is 0 Å². The van der Waals surface area contributed by atoms with Crippen LogP contribution in [0.4, 0.5) is 13.2 Å². The molecule has 0 radical (unpaired) electrons. The van der Waals surface area contributed by atoms with Gasteiger partial charge in [0.05, 0.1) is 12.2 Å². The van der Waals surface area contributed by atoms with Crippen molar-refractivity contribution in [1.82, 2.24) is 15.2 Å². The summed E-state index contributed by atoms with van der Waals surface area (Å²) < 4.78 is 45.8. The van der Waals surface area contributed by atoms with E-state index >= 15 is 0 Å². The molecule has 0 aromatic carbocycles. The second-order valence-corrected chi connectivity index (χ2v) is 6.56. The van der Waals surface area contributed by atoms with Gasteiger partial charge in [0.15, 0.2) is 5.96 Å². The van der Waals surface area contributed by atoms with Crippen LogP contribution in [0.2, 0.25) is 0 Å². The first kappa shape index (κ1) is 22.7. The van der Waals surface area contributed by atoms with E-state index in [0.717, 1.165) is 10.7 Å². The van der Waals surface area contributed by atoms with Gasteiger partial charge in [-0.05, 0) is 20.3 Å². The van der Waals surface area contributed by atoms with Crippen LogP contribution in [0.25, 0.3) is 0 Å². The highest BCUT2D eigenvalue weighted by Crippen LogP contribution is 2.21. The average molecular weight is 396 g/mol. The standard InChI is InChI=1S/C16H27F3N4O2S/c1-5-20-15(21-7-6-8-25-11-16(17,18)19)23(3)9-13-10-26-14(22-13)12(2)24-4/h10,12H,5-9,11H2,1-4H3,(H,20,21). The monoisotopic (exact) mass is 396 g/mol. The maximum Gasteiger partial charge on any atom is 0.411 e. The van der Waals surface area contributed by atoms with Crippen molar-refractivity contribution in [3.05, 3.63) is 16.1 Å². The van der Waals surface area contributed by atoms with Gasteiger partial charge in [0.2, 0.25) is 0 Å². The molecule has 6 nitrogen and oxygen atoms in total. The summed E-state index contributed by atoms with van der Waals surface area (Å²) in [5.74, 6) is 0.678. The molecule has 10 heteroatoms. The summed E-state index contributed by atoms with van der Waals surface area (Å²) in [6, 6.07) is 0. The highest BCUT2D eigenvalue weighted by Gasteiger charge is 2.27. The van der Waals surface area contributed by atoms with Gasteiger partial charge in [0.1, 0.15) is 17.7 Å². The first-order valence-corrected chi connectivity index (χ1v) is 9.25. The number of aromatic nitrogens is 1. The Hall–Kier alpha value is -1.39. The Labute approximate surface area is 156 Å². The fourth-order valence-electron chi connectivity index (χ4n) is 2.01. The Morgan fingerprint density at radius 3 is 2.81 bits per heavy atom. The number of hydrogen-bond acceptors (Lipinski definition) is 5. The zero-order valence-electron chi connectivity index (χ0n) is 15.6. The summed E-state index contributed by atoms with van der Waals surface area (Å²) in [5.41, 5.74) is 0.913. The number of halogens is 3. The van der Waals surface area contributed by atoms with Gasteiger partial charge >= 0.3 is 6.18 Å². The maximum absolute atomic E-state index is 12.0. The largest absolute Gasteiger partial charge is 0.411 e. The average Bonchev–Trinajstić information content (AvgIpc) is 3.03. The molecule has 1 rings (SSSR count). The Balaban J connectivity index is 2.49. The minimum atomic E-state index is -4.29. The van der Waals surface area contributed by atoms with Crippen LogP contribution in [-0.4, -0.2) is 62.5 Å². The number of alkyl halides is 3. The number of nitrogens with one attached hydrogen (secondary N) is 1. The topological polar surface area (TPSA) is 59.0 Å². The highest BCUT2D eigenvalue weighted by molar-refractivity contribution is 7.09. The molecular weight excluding hydrogens is 369 g/mol. The minimum Gasteiger partial charge on any atom is -0.375 e. The molecule has 0 fully saturated rings. The van der Waals surface area contributed by atoms with Gasteiger partial charge in [-0.3, -0.25) is 4.99 Å². The lowest BCUT2D eigenvalue weighted by Crippen LogP contribution is -2.38. The third-order valence-corrected chi connectivity index (χ3v) is 4.40. The van der Waals surface area contributed by atoms with Gasteiger partial charge in [-0.1, -0.05) is 0 Å². The summed E-state index contributed by atoms with van der Waals surface area (Å²) in [5, 5.41) is 6.06. The molecule has 0 aliphatic rings. The molecule has 0 saturated carbocycles. The Bertz CT molecular complexity index is 552. The SMILES string of the molecule is CCNC(=NCCCOCC(F)(F)F)N(C)Cc1csc(C(C)OC)n1. The van der Waals surface area contributed by atoms with Crippen molar-refractivity contribution in [2.75, 3.05) is 40.5 Å². The van der Waals surface area contributed by atoms with Crippen LogP contribution < -0.4 is 5.32 Å². The first-order valence-electron chi connectivity index (χ1n) is 8.37. The lowest BCUT2D eigenvalue weighted by atomic mass is 10.4. The molecule has 26 heavy (non-hydrogen) atoms. The van der Waals surface area contributed by atoms with Crippen LogP contribution in [0.5, 0.6) is 0 Å². The van der Waals surface area contributed by atoms with Crippen LogP contribution in [0, 0.1) is 0 Å². The molecule has 1 unspecified atom stereocenters. The van der Waals surface area contributed by atoms with E-state index in [1.165, 1.54) is 0 Å². The number of methoxy groups -OCH3 is 1. The predicted molar refractivity (Wildman–Crippen MR) is 96.5 cm³/mol. The fraction of sp³-hybridized carbons (Fsp3) is 0.750. The zero-order valence-corrected chi connectivity index (χ0v) is 16.4. The minimum absolute atomic E-state index is 0.0243. The Kier molecular flexibility index (Phi) is 9.89. The van der Waals surface area contributed by atoms with Crippen LogP contribution in [0.15, 0.2) is 10.4 Å². The molecule has 150 valence electrons. The van der Waals surface area contributed by atoms with E-state index in [1.54, 1.807) is 18.4 Å². The van der Waals surface area contributed by atoms with E-state index in [1.807, 2.05) is 31.2 Å². The van der Waals surface area contributed by atoms with Gasteiger partial charge in [0.25, 0.3) is 0 Å². The molecule has 1 aromatic heterocycles. The molecule has 1 atom stereocenters. The molecule has 1 aromatic rings. The predicted octanol–water partition coefficient (Wildman–Crippen LogP) is 3.22. The van der Waals surface area contributed by atoms with Crippen LogP contribution >= 0.6 is 11.3 Å². The molecule has 0 saturated heterocycles.